The van der Waals surface area contributed by atoms with E-state index in [1.165, 1.54) is 18.4 Å². The van der Waals surface area contributed by atoms with Gasteiger partial charge in [0.1, 0.15) is 0 Å². The summed E-state index contributed by atoms with van der Waals surface area (Å²) >= 11 is 0. The number of ether oxygens (including phenoxy) is 1. The first-order valence-electron chi connectivity index (χ1n) is 9.53. The molecule has 3 rings (SSSR count). The number of hydrogen-bond acceptors (Lipinski definition) is 4. The molecule has 0 spiro atoms. The first-order valence-corrected chi connectivity index (χ1v) is 9.53. The molecule has 1 fully saturated rings. The Labute approximate surface area is 184 Å². The molecule has 0 radical (unpaired) electrons. The summed E-state index contributed by atoms with van der Waals surface area (Å²) in [7, 11) is 3.42. The maximum Gasteiger partial charge on any atom is 0.213 e. The Morgan fingerprint density at radius 1 is 1.11 bits per heavy atom. The highest BCUT2D eigenvalue weighted by molar-refractivity contribution is 14.0. The molecular weight excluding hydrogens is 465 g/mol. The minimum atomic E-state index is 0. The van der Waals surface area contributed by atoms with Gasteiger partial charge >= 0.3 is 0 Å². The van der Waals surface area contributed by atoms with Crippen LogP contribution in [0.3, 0.4) is 0 Å². The van der Waals surface area contributed by atoms with E-state index in [9.17, 15) is 0 Å². The highest BCUT2D eigenvalue weighted by Crippen LogP contribution is 2.24. The molecule has 1 aromatic carbocycles. The monoisotopic (exact) mass is 495 g/mol. The van der Waals surface area contributed by atoms with Crippen molar-refractivity contribution < 1.29 is 4.74 Å². The van der Waals surface area contributed by atoms with Crippen LogP contribution in [0.25, 0.3) is 0 Å². The molecular formula is C21H30IN5O. The molecule has 2 aromatic rings. The van der Waals surface area contributed by atoms with Crippen molar-refractivity contribution in [3.63, 3.8) is 0 Å². The topological polar surface area (TPSA) is 61.8 Å². The first kappa shape index (κ1) is 22.4. The minimum absolute atomic E-state index is 0. The number of aromatic nitrogens is 1. The number of hydrogen-bond donors (Lipinski definition) is 2. The van der Waals surface area contributed by atoms with Crippen molar-refractivity contribution in [3.05, 3.63) is 59.8 Å². The largest absolute Gasteiger partial charge is 0.481 e. The number of nitrogens with zero attached hydrogens (tertiary/aromatic N) is 3. The van der Waals surface area contributed by atoms with Crippen molar-refractivity contribution >= 4 is 29.9 Å². The Morgan fingerprint density at radius 2 is 1.86 bits per heavy atom. The van der Waals surface area contributed by atoms with E-state index in [-0.39, 0.29) is 24.0 Å². The quantitative estimate of drug-likeness (QED) is 0.351. The second-order valence-corrected chi connectivity index (χ2v) is 6.65. The summed E-state index contributed by atoms with van der Waals surface area (Å²) in [6.45, 7) is 3.72. The van der Waals surface area contributed by atoms with Crippen LogP contribution in [-0.2, 0) is 6.54 Å². The van der Waals surface area contributed by atoms with E-state index in [0.29, 0.717) is 18.5 Å². The SMILES string of the molecule is CN=C(NCc1cccc(OC)n1)NCC(c1ccccc1)N1CCCC1.I. The Bertz CT molecular complexity index is 735. The van der Waals surface area contributed by atoms with Gasteiger partial charge in [-0.15, -0.1) is 24.0 Å². The fourth-order valence-corrected chi connectivity index (χ4v) is 3.44. The second-order valence-electron chi connectivity index (χ2n) is 6.65. The lowest BCUT2D eigenvalue weighted by Gasteiger charge is -2.29. The predicted molar refractivity (Wildman–Crippen MR) is 124 cm³/mol. The zero-order valence-electron chi connectivity index (χ0n) is 16.6. The number of nitrogens with one attached hydrogen (secondary N) is 2. The number of likely N-dealkylation sites (tertiary alicyclic amines) is 1. The van der Waals surface area contributed by atoms with E-state index in [1.807, 2.05) is 18.2 Å². The molecule has 1 aromatic heterocycles. The number of halogens is 1. The summed E-state index contributed by atoms with van der Waals surface area (Å²) in [5, 5.41) is 6.82. The molecule has 7 heteroatoms. The van der Waals surface area contributed by atoms with Gasteiger partial charge in [0.15, 0.2) is 5.96 Å². The third-order valence-corrected chi connectivity index (χ3v) is 4.88. The van der Waals surface area contributed by atoms with Gasteiger partial charge in [-0.2, -0.15) is 0 Å². The molecule has 0 bridgehead atoms. The Morgan fingerprint density at radius 3 is 2.54 bits per heavy atom. The Balaban J connectivity index is 0.00000280. The zero-order valence-corrected chi connectivity index (χ0v) is 18.9. The third-order valence-electron chi connectivity index (χ3n) is 4.88. The molecule has 6 nitrogen and oxygen atoms in total. The molecule has 1 aliphatic rings. The van der Waals surface area contributed by atoms with Crippen molar-refractivity contribution in [2.75, 3.05) is 33.8 Å². The first-order chi connectivity index (χ1) is 13.3. The van der Waals surface area contributed by atoms with Crippen molar-refractivity contribution in [1.82, 2.24) is 20.5 Å². The summed E-state index contributed by atoms with van der Waals surface area (Å²) in [6, 6.07) is 16.8. The normalized spacial score (nSPS) is 15.6. The molecule has 2 N–H and O–H groups in total. The van der Waals surface area contributed by atoms with Crippen molar-refractivity contribution in [2.24, 2.45) is 4.99 Å². The average molecular weight is 495 g/mol. The van der Waals surface area contributed by atoms with Gasteiger partial charge in [-0.25, -0.2) is 4.98 Å². The second kappa shape index (κ2) is 11.9. The number of guanidine groups is 1. The van der Waals surface area contributed by atoms with Gasteiger partial charge < -0.3 is 15.4 Å². The van der Waals surface area contributed by atoms with Gasteiger partial charge in [0, 0.05) is 19.7 Å². The smallest absolute Gasteiger partial charge is 0.213 e. The van der Waals surface area contributed by atoms with Crippen LogP contribution in [0.5, 0.6) is 5.88 Å². The highest BCUT2D eigenvalue weighted by atomic mass is 127. The van der Waals surface area contributed by atoms with E-state index in [1.54, 1.807) is 14.2 Å². The van der Waals surface area contributed by atoms with Crippen LogP contribution in [-0.4, -0.2) is 49.6 Å². The highest BCUT2D eigenvalue weighted by Gasteiger charge is 2.23. The molecule has 1 unspecified atom stereocenters. The molecule has 0 aliphatic carbocycles. The van der Waals surface area contributed by atoms with Crippen LogP contribution in [0.2, 0.25) is 0 Å². The lowest BCUT2D eigenvalue weighted by Crippen LogP contribution is -2.42. The number of benzene rings is 1. The van der Waals surface area contributed by atoms with Gasteiger partial charge in [0.05, 0.1) is 25.4 Å². The number of methoxy groups -OCH3 is 1. The van der Waals surface area contributed by atoms with E-state index >= 15 is 0 Å². The minimum Gasteiger partial charge on any atom is -0.481 e. The van der Waals surface area contributed by atoms with Crippen LogP contribution < -0.4 is 15.4 Å². The van der Waals surface area contributed by atoms with Crippen molar-refractivity contribution in [2.45, 2.75) is 25.4 Å². The zero-order chi connectivity index (χ0) is 18.9. The molecule has 1 aliphatic heterocycles. The van der Waals surface area contributed by atoms with Gasteiger partial charge in [0.2, 0.25) is 5.88 Å². The van der Waals surface area contributed by atoms with Crippen molar-refractivity contribution in [1.29, 1.82) is 0 Å². The maximum atomic E-state index is 5.18. The van der Waals surface area contributed by atoms with Crippen molar-refractivity contribution in [3.8, 4) is 5.88 Å². The lowest BCUT2D eigenvalue weighted by molar-refractivity contribution is 0.245. The number of pyridine rings is 1. The van der Waals surface area contributed by atoms with E-state index in [2.05, 4.69) is 55.8 Å². The van der Waals surface area contributed by atoms with Gasteiger partial charge in [0.25, 0.3) is 0 Å². The molecule has 0 saturated carbocycles. The average Bonchev–Trinajstić information content (AvgIpc) is 3.26. The molecule has 152 valence electrons. The van der Waals surface area contributed by atoms with E-state index < -0.39 is 0 Å². The van der Waals surface area contributed by atoms with Crippen LogP contribution in [0.1, 0.15) is 30.1 Å². The Kier molecular flexibility index (Phi) is 9.49. The van der Waals surface area contributed by atoms with Gasteiger partial charge in [-0.1, -0.05) is 36.4 Å². The van der Waals surface area contributed by atoms with Crippen LogP contribution >= 0.6 is 24.0 Å². The van der Waals surface area contributed by atoms with E-state index in [4.69, 9.17) is 4.74 Å². The lowest BCUT2D eigenvalue weighted by atomic mass is 10.1. The van der Waals surface area contributed by atoms with Gasteiger partial charge in [-0.05, 0) is 37.6 Å². The fourth-order valence-electron chi connectivity index (χ4n) is 3.44. The summed E-state index contributed by atoms with van der Waals surface area (Å²) in [4.78, 5) is 11.3. The summed E-state index contributed by atoms with van der Waals surface area (Å²) < 4.78 is 5.18. The van der Waals surface area contributed by atoms with Crippen LogP contribution in [0, 0.1) is 0 Å². The van der Waals surface area contributed by atoms with Crippen LogP contribution in [0.4, 0.5) is 0 Å². The maximum absolute atomic E-state index is 5.18. The molecule has 1 saturated heterocycles. The fraction of sp³-hybridized carbons (Fsp3) is 0.429. The number of rotatable bonds is 7. The van der Waals surface area contributed by atoms with E-state index in [0.717, 1.165) is 31.3 Å². The summed E-state index contributed by atoms with van der Waals surface area (Å²) in [6.07, 6.45) is 2.55. The predicted octanol–water partition coefficient (Wildman–Crippen LogP) is 3.21. The molecule has 28 heavy (non-hydrogen) atoms. The standard InChI is InChI=1S/C21H29N5O.HI/c1-22-21(23-15-18-11-8-12-20(25-18)27-2)24-16-19(26-13-6-7-14-26)17-9-4-3-5-10-17;/h3-5,8-12,19H,6-7,13-16H2,1-2H3,(H2,22,23,24);1H. The van der Waals surface area contributed by atoms with Crippen LogP contribution in [0.15, 0.2) is 53.5 Å². The third kappa shape index (κ3) is 6.34. The number of aliphatic imine (C=N–C) groups is 1. The summed E-state index contributed by atoms with van der Waals surface area (Å²) in [5.74, 6) is 1.40. The molecule has 0 amide bonds. The molecule has 1 atom stereocenters. The van der Waals surface area contributed by atoms with Gasteiger partial charge in [-0.3, -0.25) is 9.89 Å². The summed E-state index contributed by atoms with van der Waals surface area (Å²) in [5.41, 5.74) is 2.26. The molecule has 2 heterocycles. The Hall–Kier alpha value is -1.87.